The molecule has 1 aliphatic heterocycles. The molecule has 1 fully saturated rings. The third kappa shape index (κ3) is 5.03. The number of rotatable bonds is 6. The number of ether oxygens (including phenoxy) is 1. The van der Waals surface area contributed by atoms with Gasteiger partial charge in [-0.1, -0.05) is 12.1 Å². The Morgan fingerprint density at radius 1 is 1.39 bits per heavy atom. The molecule has 0 radical (unpaired) electrons. The van der Waals surface area contributed by atoms with Gasteiger partial charge >= 0.3 is 0 Å². The van der Waals surface area contributed by atoms with E-state index in [4.69, 9.17) is 4.74 Å². The van der Waals surface area contributed by atoms with Crippen LogP contribution in [0.15, 0.2) is 24.3 Å². The third-order valence-corrected chi connectivity index (χ3v) is 4.05. The molecular weight excluding hydrogens is 299 g/mol. The van der Waals surface area contributed by atoms with Gasteiger partial charge < -0.3 is 15.0 Å². The number of hydrogen-bond acceptors (Lipinski definition) is 3. The maximum atomic E-state index is 13.0. The van der Waals surface area contributed by atoms with Gasteiger partial charge in [-0.2, -0.15) is 0 Å². The Labute approximate surface area is 135 Å². The molecule has 2 amide bonds. The lowest BCUT2D eigenvalue weighted by molar-refractivity contribution is -0.139. The van der Waals surface area contributed by atoms with Gasteiger partial charge in [0.25, 0.3) is 0 Å². The average Bonchev–Trinajstić information content (AvgIpc) is 3.04. The highest BCUT2D eigenvalue weighted by Crippen LogP contribution is 2.12. The number of hydrogen-bond donors (Lipinski definition) is 1. The molecule has 0 aliphatic carbocycles. The van der Waals surface area contributed by atoms with Crippen LogP contribution in [0, 0.1) is 5.82 Å². The topological polar surface area (TPSA) is 58.6 Å². The monoisotopic (exact) mass is 322 g/mol. The van der Waals surface area contributed by atoms with Crippen LogP contribution in [0.2, 0.25) is 0 Å². The Bertz CT molecular complexity index is 541. The van der Waals surface area contributed by atoms with Crippen LogP contribution < -0.4 is 5.32 Å². The molecule has 2 atom stereocenters. The Hall–Kier alpha value is -1.95. The van der Waals surface area contributed by atoms with Crippen LogP contribution in [0.25, 0.3) is 0 Å². The molecule has 0 bridgehead atoms. The molecule has 0 spiro atoms. The molecule has 1 heterocycles. The number of nitrogens with zero attached hydrogens (tertiary/aromatic N) is 1. The summed E-state index contributed by atoms with van der Waals surface area (Å²) < 4.78 is 18.4. The summed E-state index contributed by atoms with van der Waals surface area (Å²) in [5.41, 5.74) is 0.778. The molecule has 1 saturated heterocycles. The average molecular weight is 322 g/mol. The lowest BCUT2D eigenvalue weighted by atomic mass is 10.1. The van der Waals surface area contributed by atoms with Gasteiger partial charge in [0.15, 0.2) is 0 Å². The van der Waals surface area contributed by atoms with E-state index in [1.165, 1.54) is 24.0 Å². The molecule has 2 rings (SSSR count). The molecule has 1 aliphatic rings. The van der Waals surface area contributed by atoms with Crippen LogP contribution in [0.1, 0.15) is 32.3 Å². The molecule has 1 N–H and O–H groups in total. The minimum atomic E-state index is -0.598. The van der Waals surface area contributed by atoms with Crippen molar-refractivity contribution in [3.63, 3.8) is 0 Å². The Kier molecular flexibility index (Phi) is 6.10. The van der Waals surface area contributed by atoms with Crippen molar-refractivity contribution in [2.24, 2.45) is 0 Å². The van der Waals surface area contributed by atoms with Gasteiger partial charge in [0, 0.05) is 26.6 Å². The van der Waals surface area contributed by atoms with Crippen LogP contribution in [0.3, 0.4) is 0 Å². The second-order valence-corrected chi connectivity index (χ2v) is 5.83. The smallest absolute Gasteiger partial charge is 0.242 e. The predicted molar refractivity (Wildman–Crippen MR) is 84.1 cm³/mol. The first-order chi connectivity index (χ1) is 11.0. The number of halogens is 1. The SMILES string of the molecule is CC(=O)N(Cc1ccc(F)cc1)[C@@H](C)C(=O)NC[C@H]1CCCO1. The number of nitrogens with one attached hydrogen (secondary N) is 1. The summed E-state index contributed by atoms with van der Waals surface area (Å²) in [6.45, 7) is 4.58. The van der Waals surface area contributed by atoms with E-state index in [-0.39, 0.29) is 30.3 Å². The van der Waals surface area contributed by atoms with Gasteiger partial charge in [0.1, 0.15) is 11.9 Å². The van der Waals surface area contributed by atoms with Gasteiger partial charge in [-0.25, -0.2) is 4.39 Å². The van der Waals surface area contributed by atoms with E-state index >= 15 is 0 Å². The molecule has 1 aromatic rings. The number of benzene rings is 1. The summed E-state index contributed by atoms with van der Waals surface area (Å²) in [5.74, 6) is -0.739. The summed E-state index contributed by atoms with van der Waals surface area (Å²) in [4.78, 5) is 25.6. The quantitative estimate of drug-likeness (QED) is 0.870. The predicted octanol–water partition coefficient (Wildman–Crippen LogP) is 1.86. The second-order valence-electron chi connectivity index (χ2n) is 5.83. The third-order valence-electron chi connectivity index (χ3n) is 4.05. The van der Waals surface area contributed by atoms with Crippen LogP contribution in [-0.4, -0.2) is 42.0 Å². The summed E-state index contributed by atoms with van der Waals surface area (Å²) in [7, 11) is 0. The zero-order valence-electron chi connectivity index (χ0n) is 13.5. The molecule has 0 unspecified atom stereocenters. The molecule has 5 nitrogen and oxygen atoms in total. The van der Waals surface area contributed by atoms with Gasteiger partial charge in [-0.05, 0) is 37.5 Å². The largest absolute Gasteiger partial charge is 0.376 e. The van der Waals surface area contributed by atoms with Crippen LogP contribution >= 0.6 is 0 Å². The maximum absolute atomic E-state index is 13.0. The minimum Gasteiger partial charge on any atom is -0.376 e. The molecule has 1 aromatic carbocycles. The zero-order chi connectivity index (χ0) is 16.8. The fourth-order valence-corrected chi connectivity index (χ4v) is 2.62. The number of carbonyl (C=O) groups is 2. The lowest BCUT2D eigenvalue weighted by Crippen LogP contribution is -2.48. The molecule has 0 saturated carbocycles. The Balaban J connectivity index is 1.93. The van der Waals surface area contributed by atoms with E-state index in [0.717, 1.165) is 25.0 Å². The molecular formula is C17H23FN2O3. The van der Waals surface area contributed by atoms with Crippen LogP contribution in [0.5, 0.6) is 0 Å². The number of carbonyl (C=O) groups excluding carboxylic acids is 2. The van der Waals surface area contributed by atoms with Gasteiger partial charge in [-0.15, -0.1) is 0 Å². The van der Waals surface area contributed by atoms with Crippen LogP contribution in [0.4, 0.5) is 4.39 Å². The maximum Gasteiger partial charge on any atom is 0.242 e. The van der Waals surface area contributed by atoms with Crippen molar-refractivity contribution in [2.45, 2.75) is 45.4 Å². The van der Waals surface area contributed by atoms with Crippen molar-refractivity contribution in [3.8, 4) is 0 Å². The minimum absolute atomic E-state index is 0.0639. The Morgan fingerprint density at radius 3 is 2.65 bits per heavy atom. The molecule has 23 heavy (non-hydrogen) atoms. The highest BCUT2D eigenvalue weighted by Gasteiger charge is 2.25. The second kappa shape index (κ2) is 8.06. The van der Waals surface area contributed by atoms with Crippen molar-refractivity contribution in [2.75, 3.05) is 13.2 Å². The summed E-state index contributed by atoms with van der Waals surface area (Å²) in [6.07, 6.45) is 2.02. The summed E-state index contributed by atoms with van der Waals surface area (Å²) in [6, 6.07) is 5.31. The summed E-state index contributed by atoms with van der Waals surface area (Å²) in [5, 5.41) is 2.84. The van der Waals surface area contributed by atoms with Gasteiger partial charge in [-0.3, -0.25) is 9.59 Å². The molecule has 6 heteroatoms. The lowest BCUT2D eigenvalue weighted by Gasteiger charge is -2.28. The van der Waals surface area contributed by atoms with Gasteiger partial charge in [0.05, 0.1) is 6.10 Å². The normalized spacial score (nSPS) is 18.5. The zero-order valence-corrected chi connectivity index (χ0v) is 13.5. The molecule has 126 valence electrons. The van der Waals surface area contributed by atoms with E-state index < -0.39 is 6.04 Å². The summed E-state index contributed by atoms with van der Waals surface area (Å²) >= 11 is 0. The van der Waals surface area contributed by atoms with Crippen molar-refractivity contribution in [1.82, 2.24) is 10.2 Å². The van der Waals surface area contributed by atoms with Crippen molar-refractivity contribution < 1.29 is 18.7 Å². The first kappa shape index (κ1) is 17.4. The number of amides is 2. The van der Waals surface area contributed by atoms with Crippen LogP contribution in [-0.2, 0) is 20.9 Å². The van der Waals surface area contributed by atoms with E-state index in [1.54, 1.807) is 19.1 Å². The van der Waals surface area contributed by atoms with Crippen molar-refractivity contribution >= 4 is 11.8 Å². The fourth-order valence-electron chi connectivity index (χ4n) is 2.62. The molecule has 0 aromatic heterocycles. The van der Waals surface area contributed by atoms with E-state index in [1.807, 2.05) is 0 Å². The fraction of sp³-hybridized carbons (Fsp3) is 0.529. The highest BCUT2D eigenvalue weighted by molar-refractivity contribution is 5.86. The van der Waals surface area contributed by atoms with E-state index in [9.17, 15) is 14.0 Å². The van der Waals surface area contributed by atoms with Crippen molar-refractivity contribution in [1.29, 1.82) is 0 Å². The van der Waals surface area contributed by atoms with Crippen molar-refractivity contribution in [3.05, 3.63) is 35.6 Å². The van der Waals surface area contributed by atoms with E-state index in [2.05, 4.69) is 5.32 Å². The van der Waals surface area contributed by atoms with Gasteiger partial charge in [0.2, 0.25) is 11.8 Å². The Morgan fingerprint density at radius 2 is 2.09 bits per heavy atom. The standard InChI is InChI=1S/C17H23FN2O3/c1-12(17(22)19-10-16-4-3-9-23-16)20(13(2)21)11-14-5-7-15(18)8-6-14/h5-8,12,16H,3-4,9-11H2,1-2H3,(H,19,22)/t12-,16+/m0/s1. The van der Waals surface area contributed by atoms with E-state index in [0.29, 0.717) is 6.54 Å². The first-order valence-corrected chi connectivity index (χ1v) is 7.88. The first-order valence-electron chi connectivity index (χ1n) is 7.88. The highest BCUT2D eigenvalue weighted by atomic mass is 19.1.